The number of aryl methyl sites for hydroxylation is 1. The fourth-order valence-electron chi connectivity index (χ4n) is 1.18. The van der Waals surface area contributed by atoms with Crippen LogP contribution in [-0.2, 0) is 4.74 Å². The lowest BCUT2D eigenvalue weighted by Gasteiger charge is -2.09. The minimum absolute atomic E-state index is 0.185. The van der Waals surface area contributed by atoms with Gasteiger partial charge in [0.1, 0.15) is 17.1 Å². The maximum Gasteiger partial charge on any atom is 0.345 e. The molecule has 0 atom stereocenters. The highest BCUT2D eigenvalue weighted by Crippen LogP contribution is 2.33. The first-order valence-electron chi connectivity index (χ1n) is 4.09. The van der Waals surface area contributed by atoms with Crippen LogP contribution in [0.25, 0.3) is 0 Å². The molecule has 0 heterocycles. The SMILES string of the molecule is COC(=O)c1c(O)cc(C)c(C)c1O. The van der Waals surface area contributed by atoms with Crippen molar-refractivity contribution < 1.29 is 19.7 Å². The van der Waals surface area contributed by atoms with E-state index in [2.05, 4.69) is 4.74 Å². The molecule has 0 aliphatic rings. The summed E-state index contributed by atoms with van der Waals surface area (Å²) in [5.41, 5.74) is 1.09. The lowest BCUT2D eigenvalue weighted by molar-refractivity contribution is 0.0594. The van der Waals surface area contributed by atoms with E-state index in [9.17, 15) is 15.0 Å². The van der Waals surface area contributed by atoms with Crippen molar-refractivity contribution in [2.45, 2.75) is 13.8 Å². The molecule has 0 amide bonds. The van der Waals surface area contributed by atoms with Crippen molar-refractivity contribution in [1.29, 1.82) is 0 Å². The zero-order valence-corrected chi connectivity index (χ0v) is 8.29. The molecule has 0 unspecified atom stereocenters. The Morgan fingerprint density at radius 3 is 2.43 bits per heavy atom. The molecule has 76 valence electrons. The largest absolute Gasteiger partial charge is 0.507 e. The summed E-state index contributed by atoms with van der Waals surface area (Å²) in [6, 6.07) is 1.42. The maximum absolute atomic E-state index is 11.2. The molecule has 4 nitrogen and oxygen atoms in total. The first kappa shape index (κ1) is 10.4. The number of ether oxygens (including phenoxy) is 1. The minimum Gasteiger partial charge on any atom is -0.507 e. The third kappa shape index (κ3) is 1.51. The average Bonchev–Trinajstić information content (AvgIpc) is 2.14. The van der Waals surface area contributed by atoms with Gasteiger partial charge in [0, 0.05) is 0 Å². The van der Waals surface area contributed by atoms with Crippen LogP contribution in [0.4, 0.5) is 0 Å². The van der Waals surface area contributed by atoms with Crippen molar-refractivity contribution >= 4 is 5.97 Å². The summed E-state index contributed by atoms with van der Waals surface area (Å²) in [4.78, 5) is 11.2. The Kier molecular flexibility index (Phi) is 2.65. The Hall–Kier alpha value is -1.71. The van der Waals surface area contributed by atoms with Crippen LogP contribution in [0.3, 0.4) is 0 Å². The molecule has 4 heteroatoms. The predicted octanol–water partition coefficient (Wildman–Crippen LogP) is 1.50. The van der Waals surface area contributed by atoms with Crippen molar-refractivity contribution in [3.8, 4) is 11.5 Å². The van der Waals surface area contributed by atoms with Crippen LogP contribution in [0, 0.1) is 13.8 Å². The first-order valence-corrected chi connectivity index (χ1v) is 4.09. The zero-order chi connectivity index (χ0) is 10.9. The molecule has 2 N–H and O–H groups in total. The van der Waals surface area contributed by atoms with Crippen LogP contribution in [0.2, 0.25) is 0 Å². The first-order chi connectivity index (χ1) is 6.49. The molecule has 0 aromatic heterocycles. The lowest BCUT2D eigenvalue weighted by Crippen LogP contribution is -2.03. The Morgan fingerprint density at radius 1 is 1.36 bits per heavy atom. The van der Waals surface area contributed by atoms with Crippen LogP contribution in [0.15, 0.2) is 6.07 Å². The van der Waals surface area contributed by atoms with Gasteiger partial charge in [-0.1, -0.05) is 0 Å². The molecular weight excluding hydrogens is 184 g/mol. The number of rotatable bonds is 1. The quantitative estimate of drug-likeness (QED) is 0.668. The number of hydrogen-bond acceptors (Lipinski definition) is 4. The van der Waals surface area contributed by atoms with E-state index in [1.54, 1.807) is 13.8 Å². The fourth-order valence-corrected chi connectivity index (χ4v) is 1.18. The van der Waals surface area contributed by atoms with E-state index in [4.69, 9.17) is 0 Å². The van der Waals surface area contributed by atoms with E-state index in [0.717, 1.165) is 0 Å². The number of hydrogen-bond donors (Lipinski definition) is 2. The number of phenols is 2. The Balaban J connectivity index is 3.44. The zero-order valence-electron chi connectivity index (χ0n) is 8.29. The molecule has 0 saturated heterocycles. The second-order valence-electron chi connectivity index (χ2n) is 3.05. The number of esters is 1. The summed E-state index contributed by atoms with van der Waals surface area (Å²) in [5, 5.41) is 19.0. The van der Waals surface area contributed by atoms with Crippen LogP contribution in [0.5, 0.6) is 11.5 Å². The number of aromatic hydroxyl groups is 2. The summed E-state index contributed by atoms with van der Waals surface area (Å²) in [5.74, 6) is -1.24. The summed E-state index contributed by atoms with van der Waals surface area (Å²) in [7, 11) is 1.19. The Labute approximate surface area is 81.8 Å². The normalized spacial score (nSPS) is 9.93. The predicted molar refractivity (Wildman–Crippen MR) is 50.6 cm³/mol. The highest BCUT2D eigenvalue weighted by atomic mass is 16.5. The standard InChI is InChI=1S/C10H12O4/c1-5-4-7(11)8(10(13)14-3)9(12)6(5)2/h4,11-12H,1-3H3. The molecule has 14 heavy (non-hydrogen) atoms. The van der Waals surface area contributed by atoms with Gasteiger partial charge in [-0.15, -0.1) is 0 Å². The molecule has 0 fully saturated rings. The van der Waals surface area contributed by atoms with Gasteiger partial charge in [-0.3, -0.25) is 0 Å². The van der Waals surface area contributed by atoms with Crippen molar-refractivity contribution in [3.63, 3.8) is 0 Å². The Bertz CT molecular complexity index is 382. The number of phenolic OH excluding ortho intramolecular Hbond substituents is 2. The van der Waals surface area contributed by atoms with Gasteiger partial charge in [0.25, 0.3) is 0 Å². The highest BCUT2D eigenvalue weighted by molar-refractivity contribution is 5.96. The molecule has 0 saturated carbocycles. The Morgan fingerprint density at radius 2 is 1.93 bits per heavy atom. The van der Waals surface area contributed by atoms with Gasteiger partial charge in [-0.2, -0.15) is 0 Å². The van der Waals surface area contributed by atoms with E-state index < -0.39 is 5.97 Å². The van der Waals surface area contributed by atoms with Gasteiger partial charge >= 0.3 is 5.97 Å². The van der Waals surface area contributed by atoms with Gasteiger partial charge in [0.15, 0.2) is 0 Å². The number of carbonyl (C=O) groups is 1. The number of carbonyl (C=O) groups excluding carboxylic acids is 1. The van der Waals surface area contributed by atoms with Gasteiger partial charge in [-0.25, -0.2) is 4.79 Å². The number of benzene rings is 1. The van der Waals surface area contributed by atoms with Crippen LogP contribution >= 0.6 is 0 Å². The molecule has 1 aromatic carbocycles. The van der Waals surface area contributed by atoms with E-state index in [0.29, 0.717) is 11.1 Å². The molecular formula is C10H12O4. The maximum atomic E-state index is 11.2. The summed E-state index contributed by atoms with van der Waals surface area (Å²) in [6.45, 7) is 3.40. The van der Waals surface area contributed by atoms with Gasteiger partial charge in [0.05, 0.1) is 7.11 Å². The van der Waals surface area contributed by atoms with Crippen LogP contribution in [-0.4, -0.2) is 23.3 Å². The third-order valence-electron chi connectivity index (χ3n) is 2.18. The fraction of sp³-hybridized carbons (Fsp3) is 0.300. The van der Waals surface area contributed by atoms with Crippen molar-refractivity contribution in [2.24, 2.45) is 0 Å². The van der Waals surface area contributed by atoms with E-state index in [1.807, 2.05) is 0 Å². The second kappa shape index (κ2) is 3.57. The summed E-state index contributed by atoms with van der Waals surface area (Å²) < 4.78 is 4.43. The molecule has 0 radical (unpaired) electrons. The van der Waals surface area contributed by atoms with E-state index >= 15 is 0 Å². The summed E-state index contributed by atoms with van der Waals surface area (Å²) in [6.07, 6.45) is 0. The van der Waals surface area contributed by atoms with E-state index in [-0.39, 0.29) is 17.1 Å². The molecule has 0 aliphatic heterocycles. The van der Waals surface area contributed by atoms with Crippen molar-refractivity contribution in [2.75, 3.05) is 7.11 Å². The average molecular weight is 196 g/mol. The van der Waals surface area contributed by atoms with Gasteiger partial charge in [-0.05, 0) is 31.0 Å². The summed E-state index contributed by atoms with van der Waals surface area (Å²) >= 11 is 0. The van der Waals surface area contributed by atoms with E-state index in [1.165, 1.54) is 13.2 Å². The molecule has 1 rings (SSSR count). The second-order valence-corrected chi connectivity index (χ2v) is 3.05. The minimum atomic E-state index is -0.747. The number of methoxy groups -OCH3 is 1. The van der Waals surface area contributed by atoms with Crippen LogP contribution in [0.1, 0.15) is 21.5 Å². The topological polar surface area (TPSA) is 66.8 Å². The van der Waals surface area contributed by atoms with Crippen molar-refractivity contribution in [3.05, 3.63) is 22.8 Å². The molecule has 0 bridgehead atoms. The third-order valence-corrected chi connectivity index (χ3v) is 2.18. The highest BCUT2D eigenvalue weighted by Gasteiger charge is 2.19. The van der Waals surface area contributed by atoms with Crippen LogP contribution < -0.4 is 0 Å². The van der Waals surface area contributed by atoms with Gasteiger partial charge in [0.2, 0.25) is 0 Å². The lowest BCUT2D eigenvalue weighted by atomic mass is 10.0. The smallest absolute Gasteiger partial charge is 0.345 e. The van der Waals surface area contributed by atoms with Crippen molar-refractivity contribution in [1.82, 2.24) is 0 Å². The molecule has 0 spiro atoms. The molecule has 1 aromatic rings. The monoisotopic (exact) mass is 196 g/mol. The molecule has 0 aliphatic carbocycles. The van der Waals surface area contributed by atoms with Gasteiger partial charge < -0.3 is 14.9 Å².